The Morgan fingerprint density at radius 2 is 1.84 bits per heavy atom. The van der Waals surface area contributed by atoms with Gasteiger partial charge in [-0.1, -0.05) is 37.3 Å². The molecule has 2 aromatic carbocycles. The van der Waals surface area contributed by atoms with E-state index in [0.29, 0.717) is 5.92 Å². The second-order valence-electron chi connectivity index (χ2n) is 7.57. The highest BCUT2D eigenvalue weighted by Crippen LogP contribution is 2.25. The normalized spacial score (nSPS) is 11.7. The van der Waals surface area contributed by atoms with Crippen molar-refractivity contribution in [2.45, 2.75) is 25.8 Å². The zero-order valence-electron chi connectivity index (χ0n) is 17.8. The van der Waals surface area contributed by atoms with Crippen molar-refractivity contribution in [3.63, 3.8) is 0 Å². The van der Waals surface area contributed by atoms with E-state index >= 15 is 0 Å². The number of methoxy groups -OCH3 is 1. The van der Waals surface area contributed by atoms with Gasteiger partial charge in [-0.05, 0) is 53.8 Å². The monoisotopic (exact) mass is 410 g/mol. The standard InChI is InChI=1S/C26H26N4O/c1-19(21-7-3-9-23(13-21)29-16-20-6-5-11-27-15-20)12-24-17-28-18-26(30-24)22-8-4-10-25(14-22)31-2/h3-11,13-15,17-19,29H,12,16H2,1-2H3/t19-/m1/s1. The summed E-state index contributed by atoms with van der Waals surface area (Å²) in [6.45, 7) is 2.97. The summed E-state index contributed by atoms with van der Waals surface area (Å²) in [6.07, 6.45) is 8.14. The molecule has 0 amide bonds. The molecule has 0 aliphatic rings. The van der Waals surface area contributed by atoms with Crippen molar-refractivity contribution < 1.29 is 4.74 Å². The van der Waals surface area contributed by atoms with Gasteiger partial charge in [0.1, 0.15) is 5.75 Å². The quantitative estimate of drug-likeness (QED) is 0.415. The molecule has 31 heavy (non-hydrogen) atoms. The van der Waals surface area contributed by atoms with Gasteiger partial charge >= 0.3 is 0 Å². The molecule has 0 aliphatic heterocycles. The smallest absolute Gasteiger partial charge is 0.119 e. The molecule has 2 heterocycles. The Hall–Kier alpha value is -3.73. The lowest BCUT2D eigenvalue weighted by Crippen LogP contribution is -2.04. The Morgan fingerprint density at radius 1 is 0.935 bits per heavy atom. The molecule has 5 heteroatoms. The van der Waals surface area contributed by atoms with Crippen molar-refractivity contribution in [1.29, 1.82) is 0 Å². The van der Waals surface area contributed by atoms with Crippen molar-refractivity contribution in [1.82, 2.24) is 15.0 Å². The van der Waals surface area contributed by atoms with Gasteiger partial charge in [-0.25, -0.2) is 4.98 Å². The van der Waals surface area contributed by atoms with Crippen LogP contribution in [0.5, 0.6) is 5.75 Å². The molecule has 1 N–H and O–H groups in total. The summed E-state index contributed by atoms with van der Waals surface area (Å²) in [5, 5.41) is 3.48. The van der Waals surface area contributed by atoms with Gasteiger partial charge in [0.25, 0.3) is 0 Å². The predicted molar refractivity (Wildman–Crippen MR) is 124 cm³/mol. The maximum atomic E-state index is 5.33. The number of hydrogen-bond donors (Lipinski definition) is 1. The maximum Gasteiger partial charge on any atom is 0.119 e. The second-order valence-corrected chi connectivity index (χ2v) is 7.57. The third-order valence-corrected chi connectivity index (χ3v) is 5.24. The lowest BCUT2D eigenvalue weighted by atomic mass is 9.96. The summed E-state index contributed by atoms with van der Waals surface area (Å²) >= 11 is 0. The molecule has 2 aromatic heterocycles. The third kappa shape index (κ3) is 5.45. The first kappa shape index (κ1) is 20.5. The van der Waals surface area contributed by atoms with E-state index in [-0.39, 0.29) is 0 Å². The van der Waals surface area contributed by atoms with Crippen LogP contribution in [0.4, 0.5) is 5.69 Å². The van der Waals surface area contributed by atoms with Gasteiger partial charge in [0.15, 0.2) is 0 Å². The molecule has 0 saturated heterocycles. The molecule has 0 saturated carbocycles. The van der Waals surface area contributed by atoms with Gasteiger partial charge in [-0.3, -0.25) is 9.97 Å². The number of anilines is 1. The number of nitrogens with zero attached hydrogens (tertiary/aromatic N) is 3. The molecule has 0 spiro atoms. The summed E-state index contributed by atoms with van der Waals surface area (Å²) in [6, 6.07) is 20.5. The molecule has 0 aliphatic carbocycles. The highest BCUT2D eigenvalue weighted by Gasteiger charge is 2.11. The summed E-state index contributed by atoms with van der Waals surface area (Å²) in [4.78, 5) is 13.4. The third-order valence-electron chi connectivity index (χ3n) is 5.24. The molecule has 0 bridgehead atoms. The molecule has 1 atom stereocenters. The van der Waals surface area contributed by atoms with Crippen molar-refractivity contribution in [2.75, 3.05) is 12.4 Å². The topological polar surface area (TPSA) is 59.9 Å². The fraction of sp³-hybridized carbons (Fsp3) is 0.192. The molecular weight excluding hydrogens is 384 g/mol. The zero-order chi connectivity index (χ0) is 21.5. The van der Waals surface area contributed by atoms with E-state index in [9.17, 15) is 0 Å². The van der Waals surface area contributed by atoms with Crippen LogP contribution < -0.4 is 10.1 Å². The van der Waals surface area contributed by atoms with E-state index in [1.165, 1.54) is 5.56 Å². The van der Waals surface area contributed by atoms with Crippen LogP contribution >= 0.6 is 0 Å². The molecule has 156 valence electrons. The lowest BCUT2D eigenvalue weighted by molar-refractivity contribution is 0.415. The first-order valence-corrected chi connectivity index (χ1v) is 10.4. The van der Waals surface area contributed by atoms with Gasteiger partial charge in [-0.15, -0.1) is 0 Å². The van der Waals surface area contributed by atoms with E-state index in [0.717, 1.165) is 46.9 Å². The minimum Gasteiger partial charge on any atom is -0.497 e. The number of ether oxygens (including phenoxy) is 1. The van der Waals surface area contributed by atoms with Crippen molar-refractivity contribution >= 4 is 5.69 Å². The van der Waals surface area contributed by atoms with Gasteiger partial charge in [0.05, 0.1) is 24.7 Å². The molecule has 0 unspecified atom stereocenters. The Kier molecular flexibility index (Phi) is 6.53. The van der Waals surface area contributed by atoms with Crippen molar-refractivity contribution in [3.8, 4) is 17.0 Å². The zero-order valence-corrected chi connectivity index (χ0v) is 17.8. The van der Waals surface area contributed by atoms with E-state index in [1.807, 2.05) is 42.7 Å². The highest BCUT2D eigenvalue weighted by molar-refractivity contribution is 5.60. The fourth-order valence-electron chi connectivity index (χ4n) is 3.52. The van der Waals surface area contributed by atoms with Crippen molar-refractivity contribution in [2.24, 2.45) is 0 Å². The molecule has 0 radical (unpaired) electrons. The van der Waals surface area contributed by atoms with Gasteiger partial charge in [0, 0.05) is 36.4 Å². The average molecular weight is 411 g/mol. The van der Waals surface area contributed by atoms with Gasteiger partial charge in [-0.2, -0.15) is 0 Å². The first-order valence-electron chi connectivity index (χ1n) is 10.4. The molecule has 4 aromatic rings. The number of nitrogens with one attached hydrogen (secondary N) is 1. The molecule has 0 fully saturated rings. The summed E-state index contributed by atoms with van der Waals surface area (Å²) < 4.78 is 5.33. The SMILES string of the molecule is COc1cccc(-c2cncc(C[C@@H](C)c3cccc(NCc4cccnc4)c3)n2)c1. The molecular formula is C26H26N4O. The van der Waals surface area contributed by atoms with Crippen LogP contribution in [0, 0.1) is 0 Å². The Labute approximate surface area is 183 Å². The Balaban J connectivity index is 1.45. The van der Waals surface area contributed by atoms with Crippen LogP contribution in [0.15, 0.2) is 85.5 Å². The number of pyridine rings is 1. The largest absolute Gasteiger partial charge is 0.497 e. The summed E-state index contributed by atoms with van der Waals surface area (Å²) in [5.74, 6) is 1.13. The van der Waals surface area contributed by atoms with E-state index in [1.54, 1.807) is 19.5 Å². The van der Waals surface area contributed by atoms with Crippen LogP contribution in [0.2, 0.25) is 0 Å². The number of benzene rings is 2. The minimum atomic E-state index is 0.315. The lowest BCUT2D eigenvalue weighted by Gasteiger charge is -2.14. The number of rotatable bonds is 8. The molecule has 4 rings (SSSR count). The highest BCUT2D eigenvalue weighted by atomic mass is 16.5. The van der Waals surface area contributed by atoms with Gasteiger partial charge in [0.2, 0.25) is 0 Å². The van der Waals surface area contributed by atoms with E-state index in [4.69, 9.17) is 9.72 Å². The van der Waals surface area contributed by atoms with E-state index < -0.39 is 0 Å². The van der Waals surface area contributed by atoms with Crippen molar-refractivity contribution in [3.05, 3.63) is 102 Å². The number of hydrogen-bond acceptors (Lipinski definition) is 5. The van der Waals surface area contributed by atoms with Crippen LogP contribution in [0.1, 0.15) is 29.7 Å². The second kappa shape index (κ2) is 9.85. The van der Waals surface area contributed by atoms with Crippen LogP contribution in [-0.2, 0) is 13.0 Å². The van der Waals surface area contributed by atoms with Crippen LogP contribution in [-0.4, -0.2) is 22.1 Å². The van der Waals surface area contributed by atoms with Gasteiger partial charge < -0.3 is 10.1 Å². The minimum absolute atomic E-state index is 0.315. The fourth-order valence-corrected chi connectivity index (χ4v) is 3.52. The average Bonchev–Trinajstić information content (AvgIpc) is 2.84. The molecule has 5 nitrogen and oxygen atoms in total. The Bertz CT molecular complexity index is 1130. The predicted octanol–water partition coefficient (Wildman–Crippen LogP) is 5.51. The first-order chi connectivity index (χ1) is 15.2. The summed E-state index contributed by atoms with van der Waals surface area (Å²) in [5.41, 5.74) is 6.36. The number of aromatic nitrogens is 3. The van der Waals surface area contributed by atoms with Crippen LogP contribution in [0.25, 0.3) is 11.3 Å². The van der Waals surface area contributed by atoms with E-state index in [2.05, 4.69) is 52.5 Å². The van der Waals surface area contributed by atoms with Crippen LogP contribution in [0.3, 0.4) is 0 Å². The maximum absolute atomic E-state index is 5.33. The summed E-state index contributed by atoms with van der Waals surface area (Å²) in [7, 11) is 1.67. The Morgan fingerprint density at radius 3 is 2.68 bits per heavy atom.